The van der Waals surface area contributed by atoms with Crippen LogP contribution in [-0.2, 0) is 4.79 Å². The monoisotopic (exact) mass is 275 g/mol. The van der Waals surface area contributed by atoms with Crippen molar-refractivity contribution in [2.24, 2.45) is 0 Å². The van der Waals surface area contributed by atoms with Crippen LogP contribution in [0.4, 0.5) is 5.69 Å². The number of halogens is 2. The zero-order valence-corrected chi connectivity index (χ0v) is 11.3. The molecule has 0 aliphatic rings. The molecule has 1 aromatic rings. The number of nitrogens with zero attached hydrogens (tertiary/aromatic N) is 1. The summed E-state index contributed by atoms with van der Waals surface area (Å²) >= 11 is 12.2. The minimum Gasteiger partial charge on any atom is -0.481 e. The Morgan fingerprint density at radius 2 is 1.88 bits per heavy atom. The van der Waals surface area contributed by atoms with Crippen LogP contribution >= 0.6 is 23.2 Å². The van der Waals surface area contributed by atoms with Crippen LogP contribution in [0, 0.1) is 0 Å². The quantitative estimate of drug-likeness (QED) is 0.891. The zero-order valence-electron chi connectivity index (χ0n) is 9.78. The summed E-state index contributed by atoms with van der Waals surface area (Å²) in [5.41, 5.74) is 0.701. The fourth-order valence-electron chi connectivity index (χ4n) is 1.61. The van der Waals surface area contributed by atoms with Crippen LogP contribution in [0.3, 0.4) is 0 Å². The van der Waals surface area contributed by atoms with Gasteiger partial charge in [-0.15, -0.1) is 0 Å². The number of hydrogen-bond donors (Lipinski definition) is 1. The van der Waals surface area contributed by atoms with Crippen LogP contribution in [0.2, 0.25) is 10.0 Å². The molecule has 0 bridgehead atoms. The Bertz CT molecular complexity index is 387. The summed E-state index contributed by atoms with van der Waals surface area (Å²) in [4.78, 5) is 12.5. The first kappa shape index (κ1) is 14.1. The van der Waals surface area contributed by atoms with Crippen LogP contribution in [0.5, 0.6) is 0 Å². The standard InChI is InChI=1S/C12H15Cl2NO2/c1-8(2)15(7-6-11(16)17)12-9(13)4-3-5-10(12)14/h3-5,8H,6-7H2,1-2H3,(H,16,17). The third kappa shape index (κ3) is 3.79. The van der Waals surface area contributed by atoms with Gasteiger partial charge in [-0.1, -0.05) is 29.3 Å². The van der Waals surface area contributed by atoms with Crippen LogP contribution in [-0.4, -0.2) is 23.7 Å². The van der Waals surface area contributed by atoms with Crippen LogP contribution in [0.25, 0.3) is 0 Å². The zero-order chi connectivity index (χ0) is 13.0. The van der Waals surface area contributed by atoms with Crippen molar-refractivity contribution < 1.29 is 9.90 Å². The van der Waals surface area contributed by atoms with Crippen LogP contribution in [0.1, 0.15) is 20.3 Å². The van der Waals surface area contributed by atoms with Crippen molar-refractivity contribution in [1.82, 2.24) is 0 Å². The van der Waals surface area contributed by atoms with E-state index in [-0.39, 0.29) is 12.5 Å². The largest absolute Gasteiger partial charge is 0.481 e. The van der Waals surface area contributed by atoms with Gasteiger partial charge < -0.3 is 10.0 Å². The lowest BCUT2D eigenvalue weighted by Gasteiger charge is -2.30. The van der Waals surface area contributed by atoms with E-state index in [2.05, 4.69) is 0 Å². The molecule has 17 heavy (non-hydrogen) atoms. The maximum atomic E-state index is 10.6. The molecule has 0 aliphatic heterocycles. The lowest BCUT2D eigenvalue weighted by molar-refractivity contribution is -0.136. The molecule has 0 fully saturated rings. The summed E-state index contributed by atoms with van der Waals surface area (Å²) < 4.78 is 0. The van der Waals surface area contributed by atoms with E-state index >= 15 is 0 Å². The predicted molar refractivity (Wildman–Crippen MR) is 71.2 cm³/mol. The molecule has 1 rings (SSSR count). The van der Waals surface area contributed by atoms with E-state index in [1.54, 1.807) is 18.2 Å². The summed E-state index contributed by atoms with van der Waals surface area (Å²) in [7, 11) is 0. The first-order valence-corrected chi connectivity index (χ1v) is 6.11. The molecule has 94 valence electrons. The summed E-state index contributed by atoms with van der Waals surface area (Å²) in [6.07, 6.45) is 0.0553. The number of anilines is 1. The number of para-hydroxylation sites is 1. The lowest BCUT2D eigenvalue weighted by Crippen LogP contribution is -2.33. The Hall–Kier alpha value is -0.930. The van der Waals surface area contributed by atoms with Gasteiger partial charge in [0.1, 0.15) is 0 Å². The Morgan fingerprint density at radius 1 is 1.35 bits per heavy atom. The summed E-state index contributed by atoms with van der Waals surface area (Å²) in [5.74, 6) is -0.834. The van der Waals surface area contributed by atoms with E-state index in [0.29, 0.717) is 22.3 Å². The topological polar surface area (TPSA) is 40.5 Å². The Morgan fingerprint density at radius 3 is 2.29 bits per heavy atom. The van der Waals surface area contributed by atoms with Gasteiger partial charge in [0, 0.05) is 12.6 Å². The first-order chi connectivity index (χ1) is 7.93. The van der Waals surface area contributed by atoms with Gasteiger partial charge in [-0.2, -0.15) is 0 Å². The van der Waals surface area contributed by atoms with E-state index < -0.39 is 5.97 Å². The maximum absolute atomic E-state index is 10.6. The maximum Gasteiger partial charge on any atom is 0.305 e. The Kier molecular flexibility index (Phi) is 5.09. The minimum absolute atomic E-state index is 0.0553. The highest BCUT2D eigenvalue weighted by Gasteiger charge is 2.17. The minimum atomic E-state index is -0.834. The number of aliphatic carboxylic acids is 1. The number of carboxylic acids is 1. The highest BCUT2D eigenvalue weighted by atomic mass is 35.5. The number of hydrogen-bond acceptors (Lipinski definition) is 2. The van der Waals surface area contributed by atoms with Gasteiger partial charge in [0.25, 0.3) is 0 Å². The Labute approximate surface area is 111 Å². The molecule has 0 radical (unpaired) electrons. The molecular weight excluding hydrogens is 261 g/mol. The van der Waals surface area contributed by atoms with Crippen molar-refractivity contribution in [2.75, 3.05) is 11.4 Å². The van der Waals surface area contributed by atoms with E-state index in [9.17, 15) is 4.79 Å². The molecule has 0 amide bonds. The second-order valence-electron chi connectivity index (χ2n) is 4.00. The third-order valence-electron chi connectivity index (χ3n) is 2.41. The molecule has 0 heterocycles. The molecule has 0 aliphatic carbocycles. The highest BCUT2D eigenvalue weighted by Crippen LogP contribution is 2.34. The van der Waals surface area contributed by atoms with Crippen molar-refractivity contribution in [3.8, 4) is 0 Å². The predicted octanol–water partition coefficient (Wildman–Crippen LogP) is 3.68. The van der Waals surface area contributed by atoms with E-state index in [1.807, 2.05) is 18.7 Å². The van der Waals surface area contributed by atoms with Gasteiger partial charge in [-0.25, -0.2) is 0 Å². The van der Waals surface area contributed by atoms with Crippen molar-refractivity contribution >= 4 is 34.9 Å². The van der Waals surface area contributed by atoms with E-state index in [0.717, 1.165) is 0 Å². The second-order valence-corrected chi connectivity index (χ2v) is 4.82. The van der Waals surface area contributed by atoms with Crippen molar-refractivity contribution in [3.05, 3.63) is 28.2 Å². The van der Waals surface area contributed by atoms with Crippen molar-refractivity contribution in [3.63, 3.8) is 0 Å². The molecule has 0 spiro atoms. The van der Waals surface area contributed by atoms with Gasteiger partial charge in [-0.05, 0) is 26.0 Å². The normalized spacial score (nSPS) is 10.6. The molecule has 0 saturated heterocycles. The van der Waals surface area contributed by atoms with Crippen LogP contribution < -0.4 is 4.90 Å². The molecule has 0 aromatic heterocycles. The SMILES string of the molecule is CC(C)N(CCC(=O)O)c1c(Cl)cccc1Cl. The fraction of sp³-hybridized carbons (Fsp3) is 0.417. The summed E-state index contributed by atoms with van der Waals surface area (Å²) in [6, 6.07) is 5.40. The number of benzene rings is 1. The second kappa shape index (κ2) is 6.12. The molecule has 3 nitrogen and oxygen atoms in total. The average Bonchev–Trinajstić information content (AvgIpc) is 2.21. The van der Waals surface area contributed by atoms with Gasteiger partial charge in [-0.3, -0.25) is 4.79 Å². The Balaban J connectivity index is 3.01. The molecule has 1 aromatic carbocycles. The van der Waals surface area contributed by atoms with Gasteiger partial charge in [0.2, 0.25) is 0 Å². The molecular formula is C12H15Cl2NO2. The number of carboxylic acid groups (broad SMARTS) is 1. The fourth-order valence-corrected chi connectivity index (χ4v) is 2.22. The van der Waals surface area contributed by atoms with Crippen LogP contribution in [0.15, 0.2) is 18.2 Å². The van der Waals surface area contributed by atoms with Gasteiger partial charge in [0.15, 0.2) is 0 Å². The molecule has 0 atom stereocenters. The summed E-state index contributed by atoms with van der Waals surface area (Å²) in [6.45, 7) is 4.33. The van der Waals surface area contributed by atoms with Crippen molar-refractivity contribution in [2.45, 2.75) is 26.3 Å². The number of carbonyl (C=O) groups is 1. The average molecular weight is 276 g/mol. The third-order valence-corrected chi connectivity index (χ3v) is 3.02. The van der Waals surface area contributed by atoms with Gasteiger partial charge >= 0.3 is 5.97 Å². The highest BCUT2D eigenvalue weighted by molar-refractivity contribution is 6.39. The summed E-state index contributed by atoms with van der Waals surface area (Å²) in [5, 5.41) is 9.81. The van der Waals surface area contributed by atoms with Gasteiger partial charge in [0.05, 0.1) is 22.2 Å². The van der Waals surface area contributed by atoms with E-state index in [1.165, 1.54) is 0 Å². The number of rotatable bonds is 5. The van der Waals surface area contributed by atoms with Crippen molar-refractivity contribution in [1.29, 1.82) is 0 Å². The first-order valence-electron chi connectivity index (χ1n) is 5.36. The smallest absolute Gasteiger partial charge is 0.305 e. The molecule has 0 saturated carbocycles. The van der Waals surface area contributed by atoms with E-state index in [4.69, 9.17) is 28.3 Å². The lowest BCUT2D eigenvalue weighted by atomic mass is 10.2. The molecule has 1 N–H and O–H groups in total. The molecule has 0 unspecified atom stereocenters. The molecule has 5 heteroatoms.